The Hall–Kier alpha value is -1.30. The van der Waals surface area contributed by atoms with Crippen molar-refractivity contribution in [2.24, 2.45) is 5.73 Å². The molecule has 0 radical (unpaired) electrons. The lowest BCUT2D eigenvalue weighted by molar-refractivity contribution is 0.0147. The Morgan fingerprint density at radius 1 is 1.18 bits per heavy atom. The van der Waals surface area contributed by atoms with E-state index in [0.29, 0.717) is 43.2 Å². The molecule has 0 spiro atoms. The molecule has 5 nitrogen and oxygen atoms in total. The van der Waals surface area contributed by atoms with Gasteiger partial charge in [-0.3, -0.25) is 0 Å². The van der Waals surface area contributed by atoms with Gasteiger partial charge in [-0.05, 0) is 30.7 Å². The van der Waals surface area contributed by atoms with Crippen molar-refractivity contribution in [3.8, 4) is 11.5 Å². The molecule has 0 saturated heterocycles. The van der Waals surface area contributed by atoms with Gasteiger partial charge in [-0.15, -0.1) is 0 Å². The highest BCUT2D eigenvalue weighted by molar-refractivity contribution is 5.44. The van der Waals surface area contributed by atoms with E-state index < -0.39 is 12.2 Å². The second kappa shape index (κ2) is 5.35. The van der Waals surface area contributed by atoms with E-state index >= 15 is 0 Å². The summed E-state index contributed by atoms with van der Waals surface area (Å²) >= 11 is 0. The van der Waals surface area contributed by atoms with Gasteiger partial charge in [-0.2, -0.15) is 0 Å². The van der Waals surface area contributed by atoms with Gasteiger partial charge in [0.05, 0.1) is 6.10 Å². The third kappa shape index (κ3) is 2.69. The molecule has 5 heteroatoms. The van der Waals surface area contributed by atoms with Crippen molar-refractivity contribution in [2.75, 3.05) is 19.8 Å². The third-order valence-electron chi connectivity index (χ3n) is 2.73. The predicted molar refractivity (Wildman–Crippen MR) is 62.1 cm³/mol. The van der Waals surface area contributed by atoms with Crippen molar-refractivity contribution >= 4 is 0 Å². The Bertz CT molecular complexity index is 383. The molecule has 1 aromatic rings. The summed E-state index contributed by atoms with van der Waals surface area (Å²) in [6, 6.07) is 5.15. The van der Waals surface area contributed by atoms with Crippen molar-refractivity contribution in [2.45, 2.75) is 18.6 Å². The number of fused-ring (bicyclic) bond motifs is 1. The van der Waals surface area contributed by atoms with Gasteiger partial charge in [0.1, 0.15) is 19.3 Å². The first-order valence-electron chi connectivity index (χ1n) is 5.68. The average molecular weight is 239 g/mol. The van der Waals surface area contributed by atoms with E-state index in [4.69, 9.17) is 15.2 Å². The van der Waals surface area contributed by atoms with Crippen molar-refractivity contribution in [3.05, 3.63) is 23.8 Å². The number of aliphatic hydroxyl groups is 2. The minimum atomic E-state index is -0.950. The molecule has 2 unspecified atom stereocenters. The smallest absolute Gasteiger partial charge is 0.161 e. The van der Waals surface area contributed by atoms with Crippen LogP contribution >= 0.6 is 0 Å². The van der Waals surface area contributed by atoms with Crippen LogP contribution in [0, 0.1) is 0 Å². The number of nitrogens with two attached hydrogens (primary N) is 1. The SMILES string of the molecule is NCCC(O)C(O)c1ccc2c(c1)OCCO2. The first-order valence-corrected chi connectivity index (χ1v) is 5.68. The van der Waals surface area contributed by atoms with Crippen molar-refractivity contribution in [1.82, 2.24) is 0 Å². The molecule has 0 aromatic heterocycles. The quantitative estimate of drug-likeness (QED) is 0.699. The molecule has 17 heavy (non-hydrogen) atoms. The van der Waals surface area contributed by atoms with Gasteiger partial charge in [0.25, 0.3) is 0 Å². The summed E-state index contributed by atoms with van der Waals surface area (Å²) in [5, 5.41) is 19.6. The molecule has 2 rings (SSSR count). The number of ether oxygens (including phenoxy) is 2. The summed E-state index contributed by atoms with van der Waals surface area (Å²) in [6.07, 6.45) is -1.45. The number of hydrogen-bond acceptors (Lipinski definition) is 5. The molecule has 0 fully saturated rings. The fourth-order valence-corrected chi connectivity index (χ4v) is 1.79. The van der Waals surface area contributed by atoms with Crippen LogP contribution in [0.3, 0.4) is 0 Å². The predicted octanol–water partition coefficient (Wildman–Crippen LogP) is 0.201. The summed E-state index contributed by atoms with van der Waals surface area (Å²) in [4.78, 5) is 0. The van der Waals surface area contributed by atoms with E-state index in [1.54, 1.807) is 18.2 Å². The highest BCUT2D eigenvalue weighted by Crippen LogP contribution is 2.33. The normalized spacial score (nSPS) is 17.6. The highest BCUT2D eigenvalue weighted by atomic mass is 16.6. The zero-order valence-electron chi connectivity index (χ0n) is 9.50. The van der Waals surface area contributed by atoms with E-state index in [2.05, 4.69) is 0 Å². The highest BCUT2D eigenvalue weighted by Gasteiger charge is 2.20. The van der Waals surface area contributed by atoms with E-state index in [-0.39, 0.29) is 0 Å². The molecule has 4 N–H and O–H groups in total. The van der Waals surface area contributed by atoms with E-state index in [9.17, 15) is 10.2 Å². The molecule has 2 atom stereocenters. The Labute approximate surface area is 99.8 Å². The van der Waals surface area contributed by atoms with E-state index in [0.717, 1.165) is 0 Å². The monoisotopic (exact) mass is 239 g/mol. The number of hydrogen-bond donors (Lipinski definition) is 3. The molecule has 0 amide bonds. The topological polar surface area (TPSA) is 84.9 Å². The van der Waals surface area contributed by atoms with Crippen LogP contribution in [0.15, 0.2) is 18.2 Å². The van der Waals surface area contributed by atoms with Crippen LogP contribution in [0.5, 0.6) is 11.5 Å². The van der Waals surface area contributed by atoms with Crippen LogP contribution in [0.4, 0.5) is 0 Å². The summed E-state index contributed by atoms with van der Waals surface area (Å²) in [5.41, 5.74) is 5.95. The third-order valence-corrected chi connectivity index (χ3v) is 2.73. The summed E-state index contributed by atoms with van der Waals surface area (Å²) < 4.78 is 10.8. The van der Waals surface area contributed by atoms with Gasteiger partial charge >= 0.3 is 0 Å². The maximum atomic E-state index is 9.92. The van der Waals surface area contributed by atoms with E-state index in [1.165, 1.54) is 0 Å². The Balaban J connectivity index is 2.15. The minimum absolute atomic E-state index is 0.336. The molecule has 1 aliphatic heterocycles. The molecule has 1 aromatic carbocycles. The summed E-state index contributed by atoms with van der Waals surface area (Å²) in [7, 11) is 0. The summed E-state index contributed by atoms with van der Waals surface area (Å²) in [6.45, 7) is 1.37. The van der Waals surface area contributed by atoms with Gasteiger partial charge in [0.15, 0.2) is 11.5 Å². The molecule has 0 aliphatic carbocycles. The lowest BCUT2D eigenvalue weighted by atomic mass is 10.0. The Morgan fingerprint density at radius 2 is 1.88 bits per heavy atom. The standard InChI is InChI=1S/C12H17NO4/c13-4-3-9(14)12(15)8-1-2-10-11(7-8)17-6-5-16-10/h1-2,7,9,12,14-15H,3-6,13H2. The van der Waals surface area contributed by atoms with Gasteiger partial charge in [-0.1, -0.05) is 6.07 Å². The first kappa shape index (κ1) is 12.2. The molecular weight excluding hydrogens is 222 g/mol. The average Bonchev–Trinajstić information content (AvgIpc) is 2.37. The molecule has 94 valence electrons. The zero-order chi connectivity index (χ0) is 12.3. The number of benzene rings is 1. The minimum Gasteiger partial charge on any atom is -0.486 e. The largest absolute Gasteiger partial charge is 0.486 e. The van der Waals surface area contributed by atoms with Gasteiger partial charge in [0, 0.05) is 0 Å². The Kier molecular flexibility index (Phi) is 3.83. The molecule has 1 aliphatic rings. The van der Waals surface area contributed by atoms with Crippen LogP contribution in [-0.4, -0.2) is 36.1 Å². The van der Waals surface area contributed by atoms with Crippen molar-refractivity contribution < 1.29 is 19.7 Å². The zero-order valence-corrected chi connectivity index (χ0v) is 9.50. The molecule has 0 bridgehead atoms. The van der Waals surface area contributed by atoms with Gasteiger partial charge < -0.3 is 25.4 Å². The van der Waals surface area contributed by atoms with Crippen LogP contribution in [0.1, 0.15) is 18.1 Å². The fraction of sp³-hybridized carbons (Fsp3) is 0.500. The van der Waals surface area contributed by atoms with Crippen molar-refractivity contribution in [1.29, 1.82) is 0 Å². The maximum Gasteiger partial charge on any atom is 0.161 e. The van der Waals surface area contributed by atoms with E-state index in [1.807, 2.05) is 0 Å². The number of rotatable bonds is 4. The number of aliphatic hydroxyl groups excluding tert-OH is 2. The van der Waals surface area contributed by atoms with Gasteiger partial charge in [0.2, 0.25) is 0 Å². The summed E-state index contributed by atoms with van der Waals surface area (Å²) in [5.74, 6) is 1.27. The second-order valence-corrected chi connectivity index (χ2v) is 3.99. The molecule has 0 saturated carbocycles. The Morgan fingerprint density at radius 3 is 2.59 bits per heavy atom. The van der Waals surface area contributed by atoms with Crippen LogP contribution in [0.25, 0.3) is 0 Å². The van der Waals surface area contributed by atoms with Crippen molar-refractivity contribution in [3.63, 3.8) is 0 Å². The first-order chi connectivity index (χ1) is 8.22. The van der Waals surface area contributed by atoms with Crippen LogP contribution < -0.4 is 15.2 Å². The van der Waals surface area contributed by atoms with Gasteiger partial charge in [-0.25, -0.2) is 0 Å². The van der Waals surface area contributed by atoms with Crippen LogP contribution in [0.2, 0.25) is 0 Å². The molecular formula is C12H17NO4. The lowest BCUT2D eigenvalue weighted by Gasteiger charge is -2.22. The lowest BCUT2D eigenvalue weighted by Crippen LogP contribution is -2.22. The second-order valence-electron chi connectivity index (χ2n) is 3.99. The fourth-order valence-electron chi connectivity index (χ4n) is 1.79. The van der Waals surface area contributed by atoms with Crippen LogP contribution in [-0.2, 0) is 0 Å². The maximum absolute atomic E-state index is 9.92. The molecule has 1 heterocycles.